The molecule has 2 aromatic rings. The summed E-state index contributed by atoms with van der Waals surface area (Å²) in [6.07, 6.45) is 0.995. The van der Waals surface area contributed by atoms with E-state index in [0.717, 1.165) is 34.8 Å². The first-order chi connectivity index (χ1) is 10.1. The van der Waals surface area contributed by atoms with E-state index in [4.69, 9.17) is 16.3 Å². The van der Waals surface area contributed by atoms with Gasteiger partial charge in [-0.1, -0.05) is 39.7 Å². The molecule has 0 aliphatic carbocycles. The highest BCUT2D eigenvalue weighted by molar-refractivity contribution is 9.10. The lowest BCUT2D eigenvalue weighted by molar-refractivity contribution is 0.351. The van der Waals surface area contributed by atoms with Crippen molar-refractivity contribution < 1.29 is 4.74 Å². The molecule has 0 saturated carbocycles. The fraction of sp³-hybridized carbons (Fsp3) is 0.294. The third kappa shape index (κ3) is 3.42. The number of hydrogen-bond donors (Lipinski definition) is 1. The Hall–Kier alpha value is -1.03. The van der Waals surface area contributed by atoms with Gasteiger partial charge in [-0.05, 0) is 42.3 Å². The molecular formula is C17H17BrClNO. The van der Waals surface area contributed by atoms with Crippen LogP contribution in [-0.2, 0) is 13.0 Å². The van der Waals surface area contributed by atoms with Gasteiger partial charge in [-0.25, -0.2) is 0 Å². The van der Waals surface area contributed by atoms with E-state index in [1.54, 1.807) is 0 Å². The van der Waals surface area contributed by atoms with E-state index in [2.05, 4.69) is 52.4 Å². The van der Waals surface area contributed by atoms with Crippen LogP contribution < -0.4 is 10.1 Å². The van der Waals surface area contributed by atoms with Crippen LogP contribution in [0.1, 0.15) is 29.7 Å². The SMILES string of the molecule is CC(NCc1cc(Br)cc2c1OCC2)c1ccc(Cl)cc1. The summed E-state index contributed by atoms with van der Waals surface area (Å²) in [5, 5.41) is 4.32. The van der Waals surface area contributed by atoms with Gasteiger partial charge in [0.15, 0.2) is 0 Å². The number of halogens is 2. The number of ether oxygens (including phenoxy) is 1. The number of benzene rings is 2. The standard InChI is InChI=1S/C17H17BrClNO/c1-11(12-2-4-16(19)5-3-12)20-10-14-9-15(18)8-13-6-7-21-17(13)14/h2-5,8-9,11,20H,6-7,10H2,1H3. The highest BCUT2D eigenvalue weighted by Gasteiger charge is 2.17. The molecule has 3 rings (SSSR count). The maximum atomic E-state index is 5.93. The molecule has 1 aliphatic rings. The molecular weight excluding hydrogens is 350 g/mol. The maximum absolute atomic E-state index is 5.93. The Balaban J connectivity index is 1.72. The van der Waals surface area contributed by atoms with Crippen LogP contribution in [0.25, 0.3) is 0 Å². The van der Waals surface area contributed by atoms with Crippen molar-refractivity contribution in [3.05, 3.63) is 62.6 Å². The van der Waals surface area contributed by atoms with Crippen LogP contribution in [0.2, 0.25) is 5.02 Å². The molecule has 4 heteroatoms. The highest BCUT2D eigenvalue weighted by atomic mass is 79.9. The lowest BCUT2D eigenvalue weighted by atomic mass is 10.1. The van der Waals surface area contributed by atoms with Gasteiger partial charge in [0.05, 0.1) is 6.61 Å². The van der Waals surface area contributed by atoms with Gasteiger partial charge in [0.1, 0.15) is 5.75 Å². The molecule has 0 radical (unpaired) electrons. The summed E-state index contributed by atoms with van der Waals surface area (Å²) >= 11 is 9.51. The minimum atomic E-state index is 0.262. The van der Waals surface area contributed by atoms with Crippen LogP contribution >= 0.6 is 27.5 Å². The van der Waals surface area contributed by atoms with Crippen LogP contribution in [0.15, 0.2) is 40.9 Å². The van der Waals surface area contributed by atoms with Gasteiger partial charge in [0.2, 0.25) is 0 Å². The van der Waals surface area contributed by atoms with Gasteiger partial charge in [-0.2, -0.15) is 0 Å². The fourth-order valence-electron chi connectivity index (χ4n) is 2.61. The molecule has 1 unspecified atom stereocenters. The number of hydrogen-bond acceptors (Lipinski definition) is 2. The molecule has 1 aliphatic heterocycles. The molecule has 110 valence electrons. The van der Waals surface area contributed by atoms with E-state index >= 15 is 0 Å². The van der Waals surface area contributed by atoms with Crippen molar-refractivity contribution in [3.8, 4) is 5.75 Å². The minimum Gasteiger partial charge on any atom is -0.493 e. The number of nitrogens with one attached hydrogen (secondary N) is 1. The van der Waals surface area contributed by atoms with Crippen LogP contribution in [0.5, 0.6) is 5.75 Å². The lowest BCUT2D eigenvalue weighted by Gasteiger charge is -2.16. The van der Waals surface area contributed by atoms with Gasteiger partial charge in [0.25, 0.3) is 0 Å². The highest BCUT2D eigenvalue weighted by Crippen LogP contribution is 2.33. The van der Waals surface area contributed by atoms with Crippen molar-refractivity contribution in [2.24, 2.45) is 0 Å². The summed E-state index contributed by atoms with van der Waals surface area (Å²) in [5.41, 5.74) is 3.73. The lowest BCUT2D eigenvalue weighted by Crippen LogP contribution is -2.18. The second-order valence-electron chi connectivity index (χ2n) is 5.31. The molecule has 0 spiro atoms. The molecule has 1 N–H and O–H groups in total. The van der Waals surface area contributed by atoms with Gasteiger partial charge in [-0.3, -0.25) is 0 Å². The summed E-state index contributed by atoms with van der Waals surface area (Å²) in [7, 11) is 0. The Morgan fingerprint density at radius 2 is 2.05 bits per heavy atom. The van der Waals surface area contributed by atoms with E-state index in [0.29, 0.717) is 0 Å². The van der Waals surface area contributed by atoms with Gasteiger partial charge < -0.3 is 10.1 Å². The first-order valence-corrected chi connectivity index (χ1v) is 8.23. The zero-order chi connectivity index (χ0) is 14.8. The van der Waals surface area contributed by atoms with Gasteiger partial charge in [-0.15, -0.1) is 0 Å². The molecule has 21 heavy (non-hydrogen) atoms. The van der Waals surface area contributed by atoms with Crippen LogP contribution in [0, 0.1) is 0 Å². The summed E-state index contributed by atoms with van der Waals surface area (Å²) in [6.45, 7) is 3.72. The molecule has 2 aromatic carbocycles. The Morgan fingerprint density at radius 1 is 1.29 bits per heavy atom. The predicted octanol–water partition coefficient (Wildman–Crippen LogP) is 4.89. The average molecular weight is 367 g/mol. The third-order valence-electron chi connectivity index (χ3n) is 3.79. The molecule has 0 aromatic heterocycles. The Bertz CT molecular complexity index is 642. The van der Waals surface area contributed by atoms with E-state index in [1.165, 1.54) is 16.7 Å². The van der Waals surface area contributed by atoms with Crippen LogP contribution in [-0.4, -0.2) is 6.61 Å². The molecule has 1 heterocycles. The normalized spacial score (nSPS) is 14.6. The molecule has 0 amide bonds. The van der Waals surface area contributed by atoms with Gasteiger partial charge >= 0.3 is 0 Å². The monoisotopic (exact) mass is 365 g/mol. The second kappa shape index (κ2) is 6.39. The summed E-state index contributed by atoms with van der Waals surface area (Å²) in [5.74, 6) is 1.05. The minimum absolute atomic E-state index is 0.262. The molecule has 2 nitrogen and oxygen atoms in total. The molecule has 0 saturated heterocycles. The smallest absolute Gasteiger partial charge is 0.127 e. The Morgan fingerprint density at radius 3 is 2.81 bits per heavy atom. The largest absolute Gasteiger partial charge is 0.493 e. The Labute approximate surface area is 138 Å². The number of rotatable bonds is 4. The van der Waals surface area contributed by atoms with Crippen molar-refractivity contribution in [2.75, 3.05) is 6.61 Å². The van der Waals surface area contributed by atoms with Crippen molar-refractivity contribution in [2.45, 2.75) is 25.9 Å². The first kappa shape index (κ1) is 14.9. The molecule has 0 bridgehead atoms. The zero-order valence-electron chi connectivity index (χ0n) is 11.8. The van der Waals surface area contributed by atoms with Crippen molar-refractivity contribution in [1.29, 1.82) is 0 Å². The van der Waals surface area contributed by atoms with E-state index in [-0.39, 0.29) is 6.04 Å². The number of fused-ring (bicyclic) bond motifs is 1. The van der Waals surface area contributed by atoms with Crippen LogP contribution in [0.3, 0.4) is 0 Å². The first-order valence-electron chi connectivity index (χ1n) is 7.06. The van der Waals surface area contributed by atoms with Crippen molar-refractivity contribution >= 4 is 27.5 Å². The van der Waals surface area contributed by atoms with E-state index in [9.17, 15) is 0 Å². The van der Waals surface area contributed by atoms with E-state index in [1.807, 2.05) is 12.1 Å². The second-order valence-corrected chi connectivity index (χ2v) is 6.66. The van der Waals surface area contributed by atoms with Crippen molar-refractivity contribution in [1.82, 2.24) is 5.32 Å². The average Bonchev–Trinajstić information content (AvgIpc) is 2.93. The predicted molar refractivity (Wildman–Crippen MR) is 90.0 cm³/mol. The van der Waals surface area contributed by atoms with Crippen molar-refractivity contribution in [3.63, 3.8) is 0 Å². The topological polar surface area (TPSA) is 21.3 Å². The van der Waals surface area contributed by atoms with E-state index < -0.39 is 0 Å². The molecule has 0 fully saturated rings. The Kier molecular flexibility index (Phi) is 4.53. The van der Waals surface area contributed by atoms with Crippen LogP contribution in [0.4, 0.5) is 0 Å². The quantitative estimate of drug-likeness (QED) is 0.832. The maximum Gasteiger partial charge on any atom is 0.127 e. The molecule has 1 atom stereocenters. The van der Waals surface area contributed by atoms with Gasteiger partial charge in [0, 0.05) is 34.1 Å². The fourth-order valence-corrected chi connectivity index (χ4v) is 3.29. The summed E-state index contributed by atoms with van der Waals surface area (Å²) < 4.78 is 6.87. The zero-order valence-corrected chi connectivity index (χ0v) is 14.2. The third-order valence-corrected chi connectivity index (χ3v) is 4.50. The summed E-state index contributed by atoms with van der Waals surface area (Å²) in [6, 6.07) is 12.5. The summed E-state index contributed by atoms with van der Waals surface area (Å²) in [4.78, 5) is 0.